The fourth-order valence-corrected chi connectivity index (χ4v) is 1.86. The van der Waals surface area contributed by atoms with Gasteiger partial charge in [0, 0.05) is 12.0 Å². The second kappa shape index (κ2) is 3.87. The van der Waals surface area contributed by atoms with Gasteiger partial charge in [-0.3, -0.25) is 0 Å². The van der Waals surface area contributed by atoms with Crippen molar-refractivity contribution in [2.45, 2.75) is 32.8 Å². The van der Waals surface area contributed by atoms with Gasteiger partial charge in [-0.05, 0) is 31.9 Å². The summed E-state index contributed by atoms with van der Waals surface area (Å²) in [5, 5.41) is 13.0. The summed E-state index contributed by atoms with van der Waals surface area (Å²) in [4.78, 5) is 16.1. The average Bonchev–Trinajstić information content (AvgIpc) is 2.66. The summed E-state index contributed by atoms with van der Waals surface area (Å²) < 4.78 is 0. The van der Waals surface area contributed by atoms with Crippen LogP contribution in [0.25, 0.3) is 0 Å². The molecule has 90 valence electrons. The summed E-state index contributed by atoms with van der Waals surface area (Å²) in [7, 11) is 0. The first-order valence-corrected chi connectivity index (χ1v) is 5.49. The first kappa shape index (κ1) is 11.6. The maximum atomic E-state index is 11.1. The minimum absolute atomic E-state index is 0.298. The molecule has 1 aliphatic rings. The Balaban J connectivity index is 2.33. The highest BCUT2D eigenvalue weighted by molar-refractivity contribution is 6.05. The van der Waals surface area contributed by atoms with Gasteiger partial charge in [0.15, 0.2) is 0 Å². The average molecular weight is 233 g/mol. The fourth-order valence-electron chi connectivity index (χ4n) is 1.86. The van der Waals surface area contributed by atoms with Gasteiger partial charge in [0.1, 0.15) is 0 Å². The molecular formula is C13H15NO3. The van der Waals surface area contributed by atoms with E-state index in [1.807, 2.05) is 32.0 Å². The van der Waals surface area contributed by atoms with Crippen LogP contribution in [-0.2, 0) is 9.63 Å². The molecule has 0 saturated heterocycles. The SMILES string of the molecule is Cc1cccc(C2=NOC(C)(C(=O)O)C2)c1C. The summed E-state index contributed by atoms with van der Waals surface area (Å²) in [6, 6.07) is 5.90. The molecule has 0 spiro atoms. The van der Waals surface area contributed by atoms with Crippen molar-refractivity contribution in [2.75, 3.05) is 0 Å². The van der Waals surface area contributed by atoms with Crippen molar-refractivity contribution in [3.05, 3.63) is 34.9 Å². The number of aryl methyl sites for hydroxylation is 1. The molecule has 0 aliphatic carbocycles. The van der Waals surface area contributed by atoms with Gasteiger partial charge in [-0.2, -0.15) is 0 Å². The lowest BCUT2D eigenvalue weighted by Gasteiger charge is -2.15. The van der Waals surface area contributed by atoms with Crippen LogP contribution in [0.3, 0.4) is 0 Å². The highest BCUT2D eigenvalue weighted by atomic mass is 16.7. The standard InChI is InChI=1S/C13H15NO3/c1-8-5-4-6-10(9(8)2)11-7-13(3,12(15)16)17-14-11/h4-6H,7H2,1-3H3,(H,15,16). The fraction of sp³-hybridized carbons (Fsp3) is 0.385. The zero-order valence-corrected chi connectivity index (χ0v) is 10.2. The third kappa shape index (κ3) is 1.90. The van der Waals surface area contributed by atoms with Gasteiger partial charge in [-0.25, -0.2) is 4.79 Å². The predicted molar refractivity (Wildman–Crippen MR) is 64.2 cm³/mol. The first-order valence-electron chi connectivity index (χ1n) is 5.49. The van der Waals surface area contributed by atoms with Gasteiger partial charge in [-0.1, -0.05) is 23.4 Å². The Kier molecular flexibility index (Phi) is 2.65. The molecule has 1 unspecified atom stereocenters. The van der Waals surface area contributed by atoms with Crippen LogP contribution in [0, 0.1) is 13.8 Å². The molecule has 1 N–H and O–H groups in total. The van der Waals surface area contributed by atoms with E-state index in [1.54, 1.807) is 0 Å². The second-order valence-electron chi connectivity index (χ2n) is 4.59. The highest BCUT2D eigenvalue weighted by Crippen LogP contribution is 2.28. The number of hydrogen-bond acceptors (Lipinski definition) is 3. The van der Waals surface area contributed by atoms with E-state index in [1.165, 1.54) is 6.92 Å². The molecule has 1 heterocycles. The molecule has 0 radical (unpaired) electrons. The van der Waals surface area contributed by atoms with Crippen LogP contribution < -0.4 is 0 Å². The topological polar surface area (TPSA) is 58.9 Å². The third-order valence-electron chi connectivity index (χ3n) is 3.23. The molecule has 4 heteroatoms. The Bertz CT molecular complexity index is 507. The highest BCUT2D eigenvalue weighted by Gasteiger charge is 2.42. The molecule has 1 atom stereocenters. The number of carbonyl (C=O) groups is 1. The quantitative estimate of drug-likeness (QED) is 0.852. The van der Waals surface area contributed by atoms with E-state index in [0.717, 1.165) is 16.7 Å². The monoisotopic (exact) mass is 233 g/mol. The summed E-state index contributed by atoms with van der Waals surface area (Å²) >= 11 is 0. The maximum absolute atomic E-state index is 11.1. The third-order valence-corrected chi connectivity index (χ3v) is 3.23. The van der Waals surface area contributed by atoms with Crippen molar-refractivity contribution >= 4 is 11.7 Å². The minimum atomic E-state index is -1.23. The molecule has 1 aliphatic heterocycles. The van der Waals surface area contributed by atoms with Gasteiger partial charge in [-0.15, -0.1) is 0 Å². The summed E-state index contributed by atoms with van der Waals surface area (Å²) in [5.41, 5.74) is 2.72. The molecule has 0 amide bonds. The molecule has 0 bridgehead atoms. The number of benzene rings is 1. The van der Waals surface area contributed by atoms with Crippen LogP contribution in [0.2, 0.25) is 0 Å². The lowest BCUT2D eigenvalue weighted by molar-refractivity contribution is -0.160. The van der Waals surface area contributed by atoms with E-state index in [-0.39, 0.29) is 0 Å². The lowest BCUT2D eigenvalue weighted by atomic mass is 9.92. The molecule has 17 heavy (non-hydrogen) atoms. The molecule has 1 aromatic rings. The molecule has 0 saturated carbocycles. The van der Waals surface area contributed by atoms with E-state index in [0.29, 0.717) is 12.1 Å². The van der Waals surface area contributed by atoms with Gasteiger partial charge >= 0.3 is 5.97 Å². The van der Waals surface area contributed by atoms with Gasteiger partial charge in [0.05, 0.1) is 5.71 Å². The van der Waals surface area contributed by atoms with Crippen molar-refractivity contribution < 1.29 is 14.7 Å². The van der Waals surface area contributed by atoms with Crippen LogP contribution in [-0.4, -0.2) is 22.4 Å². The van der Waals surface area contributed by atoms with Crippen molar-refractivity contribution in [1.82, 2.24) is 0 Å². The van der Waals surface area contributed by atoms with Crippen LogP contribution in [0.1, 0.15) is 30.0 Å². The maximum Gasteiger partial charge on any atom is 0.351 e. The normalized spacial score (nSPS) is 23.1. The van der Waals surface area contributed by atoms with Crippen molar-refractivity contribution in [1.29, 1.82) is 0 Å². The van der Waals surface area contributed by atoms with Crippen LogP contribution in [0.15, 0.2) is 23.4 Å². The molecular weight excluding hydrogens is 218 g/mol. The van der Waals surface area contributed by atoms with Gasteiger partial charge < -0.3 is 9.94 Å². The van der Waals surface area contributed by atoms with Crippen LogP contribution in [0.4, 0.5) is 0 Å². The molecule has 1 aromatic carbocycles. The summed E-state index contributed by atoms with van der Waals surface area (Å²) in [6.07, 6.45) is 0.298. The Hall–Kier alpha value is -1.84. The second-order valence-corrected chi connectivity index (χ2v) is 4.59. The Morgan fingerprint density at radius 3 is 2.76 bits per heavy atom. The number of rotatable bonds is 2. The van der Waals surface area contributed by atoms with E-state index in [4.69, 9.17) is 9.94 Å². The van der Waals surface area contributed by atoms with E-state index in [2.05, 4.69) is 5.16 Å². The predicted octanol–water partition coefficient (Wildman–Crippen LogP) is 2.27. The molecule has 0 fully saturated rings. The van der Waals surface area contributed by atoms with Crippen molar-refractivity contribution in [3.8, 4) is 0 Å². The van der Waals surface area contributed by atoms with Crippen molar-refractivity contribution in [3.63, 3.8) is 0 Å². The number of nitrogens with zero attached hydrogens (tertiary/aromatic N) is 1. The Labute approximate surface area is 99.9 Å². The molecule has 0 aromatic heterocycles. The largest absolute Gasteiger partial charge is 0.478 e. The summed E-state index contributed by atoms with van der Waals surface area (Å²) in [6.45, 7) is 5.56. The van der Waals surface area contributed by atoms with Crippen LogP contribution >= 0.6 is 0 Å². The van der Waals surface area contributed by atoms with E-state index in [9.17, 15) is 4.79 Å². The zero-order valence-electron chi connectivity index (χ0n) is 10.2. The zero-order chi connectivity index (χ0) is 12.6. The van der Waals surface area contributed by atoms with Crippen molar-refractivity contribution in [2.24, 2.45) is 5.16 Å². The van der Waals surface area contributed by atoms with Gasteiger partial charge in [0.25, 0.3) is 0 Å². The first-order chi connectivity index (χ1) is 7.94. The van der Waals surface area contributed by atoms with E-state index >= 15 is 0 Å². The molecule has 2 rings (SSSR count). The minimum Gasteiger partial charge on any atom is -0.478 e. The number of carboxylic acid groups (broad SMARTS) is 1. The number of aliphatic carboxylic acids is 1. The van der Waals surface area contributed by atoms with Crippen LogP contribution in [0.5, 0.6) is 0 Å². The summed E-state index contributed by atoms with van der Waals surface area (Å²) in [5.74, 6) is -0.985. The number of carboxylic acids is 1. The molecule has 4 nitrogen and oxygen atoms in total. The van der Waals surface area contributed by atoms with Gasteiger partial charge in [0.2, 0.25) is 5.60 Å². The number of oxime groups is 1. The number of hydrogen-bond donors (Lipinski definition) is 1. The van der Waals surface area contributed by atoms with E-state index < -0.39 is 11.6 Å². The Morgan fingerprint density at radius 1 is 1.47 bits per heavy atom. The Morgan fingerprint density at radius 2 is 2.18 bits per heavy atom. The smallest absolute Gasteiger partial charge is 0.351 e. The lowest BCUT2D eigenvalue weighted by Crippen LogP contribution is -2.35.